The molecule has 29 heteroatoms. The molecular formula is C71H128N12O17. The van der Waals surface area contributed by atoms with Gasteiger partial charge in [0.05, 0.1) is 39.1 Å². The maximum absolute atomic E-state index is 15.4. The van der Waals surface area contributed by atoms with Gasteiger partial charge >= 0.3 is 6.16 Å². The number of morpholine rings is 1. The number of hydrogen-bond donors (Lipinski definition) is 5. The highest BCUT2D eigenvalue weighted by Crippen LogP contribution is 2.27. The molecule has 0 radical (unpaired) electrons. The summed E-state index contributed by atoms with van der Waals surface area (Å²) in [4.78, 5) is 186. The molecule has 5 N–H and O–H groups in total. The number of ether oxygens (including phenoxy) is 4. The van der Waals surface area contributed by atoms with Gasteiger partial charge in [-0.2, -0.15) is 0 Å². The van der Waals surface area contributed by atoms with Gasteiger partial charge in [0, 0.05) is 69.0 Å². The van der Waals surface area contributed by atoms with E-state index < -0.39 is 168 Å². The van der Waals surface area contributed by atoms with Crippen LogP contribution in [0.4, 0.5) is 4.79 Å². The van der Waals surface area contributed by atoms with Crippen molar-refractivity contribution in [1.29, 1.82) is 0 Å². The first-order valence-corrected chi connectivity index (χ1v) is 36.0. The molecule has 2 heterocycles. The zero-order chi connectivity index (χ0) is 76.5. The van der Waals surface area contributed by atoms with Crippen LogP contribution in [0.1, 0.15) is 169 Å². The lowest BCUT2D eigenvalue weighted by Gasteiger charge is -2.41. The number of amides is 11. The number of carbonyl (C=O) groups excluding carboxylic acids is 12. The topological polar surface area (TPSA) is 336 Å². The number of rotatable bonds is 23. The SMILES string of the molecule is CC[C@@H]1NC(=O)[C@H]([C@H](O)[C@H](C)CCCCOC(=O)OC)N(C)C(=O)[C@H](C(C)C)N(C)C(=O)[C@H](CC(C)C)N(C)C(=O)[C@H](CC(C)C)N(C)C(=O)[C@@H](C)NC(=O)[C@H](C)NC(=O)[C@H](CC(C)C)N(C)C(=O)[C@H](C(C)C)NC(=O)[C@H]([C@@H](C)OCCCCN2CCOCC2)N(C)C(=O)[C@@H](C)N(C)C1=O. The fourth-order valence-electron chi connectivity index (χ4n) is 12.8. The number of nitrogens with one attached hydrogen (secondary N) is 4. The minimum Gasteiger partial charge on any atom is -0.438 e. The molecular weight excluding hydrogens is 1290 g/mol. The number of aliphatic hydroxyl groups is 1. The van der Waals surface area contributed by atoms with Crippen LogP contribution in [0, 0.1) is 35.5 Å². The highest BCUT2D eigenvalue weighted by Gasteiger charge is 2.47. The Kier molecular flexibility index (Phi) is 38.1. The van der Waals surface area contributed by atoms with Crippen molar-refractivity contribution in [3.63, 3.8) is 0 Å². The molecule has 2 rings (SSSR count). The van der Waals surface area contributed by atoms with Crippen LogP contribution in [-0.2, 0) is 71.7 Å². The molecule has 0 aromatic rings. The number of methoxy groups -OCH3 is 1. The fraction of sp³-hybridized carbons (Fsp3) is 0.831. The van der Waals surface area contributed by atoms with Gasteiger partial charge in [-0.05, 0) is 128 Å². The minimum absolute atomic E-state index is 0.00187. The standard InChI is InChI=1S/C71H128N12O17/c1-25-51-66(91)76(17)49(15)65(90)81(22)57(50(16)99-34-29-27-31-83-32-36-98-37-33-83)62(87)75-55(44(8)9)69(94)77(18)52(38-41(2)3)61(86)72-47(13)60(85)73-48(14)64(89)78(19)53(39-42(4)5)67(92)79(20)54(40-43(6)7)68(93)80(21)56(45(10)11)70(95)82(23)58(63(88)74-51)59(84)46(12)30-26-28-35-100-71(96)97-24/h41-59,84H,25-40H2,1-24H3,(H,72,86)(H,73,85)(H,74,88)(H,75,87)/t46-,47+,48-,49-,50-,51+,52+,53+,54+,55+,56+,57+,58+,59-/m1/s1. The first-order valence-electron chi connectivity index (χ1n) is 36.0. The molecule has 0 saturated carbocycles. The van der Waals surface area contributed by atoms with Crippen LogP contribution in [-0.4, -0.2) is 297 Å². The molecule has 14 atom stereocenters. The van der Waals surface area contributed by atoms with E-state index >= 15 is 28.8 Å². The summed E-state index contributed by atoms with van der Waals surface area (Å²) in [5.74, 6) is -10.5. The summed E-state index contributed by atoms with van der Waals surface area (Å²) in [5.41, 5.74) is 0. The maximum Gasteiger partial charge on any atom is 0.507 e. The van der Waals surface area contributed by atoms with Crippen molar-refractivity contribution in [3.05, 3.63) is 0 Å². The molecule has 574 valence electrons. The van der Waals surface area contributed by atoms with Crippen LogP contribution in [0.5, 0.6) is 0 Å². The van der Waals surface area contributed by atoms with Gasteiger partial charge < -0.3 is 79.6 Å². The summed E-state index contributed by atoms with van der Waals surface area (Å²) in [6.07, 6.45) is -0.828. The van der Waals surface area contributed by atoms with Crippen molar-refractivity contribution in [2.45, 2.75) is 247 Å². The van der Waals surface area contributed by atoms with Gasteiger partial charge in [-0.1, -0.05) is 83.1 Å². The van der Waals surface area contributed by atoms with E-state index in [0.717, 1.165) is 40.8 Å². The van der Waals surface area contributed by atoms with Gasteiger partial charge in [0.15, 0.2) is 0 Å². The zero-order valence-electron chi connectivity index (χ0n) is 64.8. The number of nitrogens with zero attached hydrogens (tertiary/aromatic N) is 8. The summed E-state index contributed by atoms with van der Waals surface area (Å²) in [6.45, 7) is 31.0. The summed E-state index contributed by atoms with van der Waals surface area (Å²) in [7, 11) is 10.9. The zero-order valence-corrected chi connectivity index (χ0v) is 64.8. The van der Waals surface area contributed by atoms with Crippen LogP contribution >= 0.6 is 0 Å². The Hall–Kier alpha value is -6.72. The van der Waals surface area contributed by atoms with Crippen LogP contribution < -0.4 is 21.3 Å². The molecule has 2 fully saturated rings. The third kappa shape index (κ3) is 26.0. The van der Waals surface area contributed by atoms with Crippen LogP contribution in [0.3, 0.4) is 0 Å². The van der Waals surface area contributed by atoms with Gasteiger partial charge in [-0.15, -0.1) is 0 Å². The van der Waals surface area contributed by atoms with E-state index in [1.54, 1.807) is 48.5 Å². The molecule has 29 nitrogen and oxygen atoms in total. The second-order valence-electron chi connectivity index (χ2n) is 29.5. The predicted molar refractivity (Wildman–Crippen MR) is 378 cm³/mol. The van der Waals surface area contributed by atoms with Crippen LogP contribution in [0.2, 0.25) is 0 Å². The first kappa shape index (κ1) is 89.4. The molecule has 2 saturated heterocycles. The van der Waals surface area contributed by atoms with E-state index in [0.29, 0.717) is 32.5 Å². The number of carbonyl (C=O) groups is 12. The average Bonchev–Trinajstić information content (AvgIpc) is 0.809. The van der Waals surface area contributed by atoms with Gasteiger partial charge in [-0.3, -0.25) is 57.6 Å². The Morgan fingerprint density at radius 2 is 0.980 bits per heavy atom. The summed E-state index contributed by atoms with van der Waals surface area (Å²) in [6, 6.07) is -14.5. The smallest absolute Gasteiger partial charge is 0.438 e. The van der Waals surface area contributed by atoms with Gasteiger partial charge in [0.25, 0.3) is 0 Å². The molecule has 0 spiro atoms. The number of likely N-dealkylation sites (N-methyl/N-ethyl adjacent to an activating group) is 7. The highest BCUT2D eigenvalue weighted by atomic mass is 16.7. The third-order valence-corrected chi connectivity index (χ3v) is 19.3. The normalized spacial score (nSPS) is 26.6. The molecule has 0 bridgehead atoms. The van der Waals surface area contributed by atoms with Gasteiger partial charge in [0.2, 0.25) is 65.0 Å². The Labute approximate surface area is 596 Å². The van der Waals surface area contributed by atoms with Gasteiger partial charge in [0.1, 0.15) is 66.5 Å². The fourth-order valence-corrected chi connectivity index (χ4v) is 12.8. The molecule has 100 heavy (non-hydrogen) atoms. The minimum atomic E-state index is -1.72. The average molecular weight is 1420 g/mol. The van der Waals surface area contributed by atoms with Crippen molar-refractivity contribution in [2.24, 2.45) is 35.5 Å². The third-order valence-electron chi connectivity index (χ3n) is 19.3. The van der Waals surface area contributed by atoms with Crippen LogP contribution in [0.15, 0.2) is 0 Å². The van der Waals surface area contributed by atoms with E-state index in [-0.39, 0.29) is 63.1 Å². The van der Waals surface area contributed by atoms with Crippen molar-refractivity contribution in [1.82, 2.24) is 60.5 Å². The lowest BCUT2D eigenvalue weighted by Crippen LogP contribution is -2.64. The van der Waals surface area contributed by atoms with E-state index in [1.165, 1.54) is 96.8 Å². The van der Waals surface area contributed by atoms with Gasteiger partial charge in [-0.25, -0.2) is 4.79 Å². The largest absolute Gasteiger partial charge is 0.507 e. The van der Waals surface area contributed by atoms with Crippen LogP contribution in [0.25, 0.3) is 0 Å². The second kappa shape index (κ2) is 42.6. The molecule has 11 amide bonds. The van der Waals surface area contributed by atoms with Crippen molar-refractivity contribution in [3.8, 4) is 0 Å². The van der Waals surface area contributed by atoms with E-state index in [4.69, 9.17) is 14.2 Å². The van der Waals surface area contributed by atoms with Crippen molar-refractivity contribution < 1.29 is 81.6 Å². The Morgan fingerprint density at radius 3 is 1.50 bits per heavy atom. The Bertz CT molecular complexity index is 2690. The van der Waals surface area contributed by atoms with E-state index in [9.17, 15) is 33.9 Å². The Morgan fingerprint density at radius 1 is 0.500 bits per heavy atom. The molecule has 0 unspecified atom stereocenters. The van der Waals surface area contributed by atoms with E-state index in [2.05, 4.69) is 30.9 Å². The van der Waals surface area contributed by atoms with Crippen molar-refractivity contribution >= 4 is 71.1 Å². The predicted octanol–water partition coefficient (Wildman–Crippen LogP) is 3.12. The summed E-state index contributed by atoms with van der Waals surface area (Å²) >= 11 is 0. The quantitative estimate of drug-likeness (QED) is 0.0725. The molecule has 2 aliphatic heterocycles. The second-order valence-corrected chi connectivity index (χ2v) is 29.5. The molecule has 0 aromatic carbocycles. The number of hydrogen-bond acceptors (Lipinski definition) is 18. The molecule has 2 aliphatic rings. The van der Waals surface area contributed by atoms with Crippen molar-refractivity contribution in [2.75, 3.05) is 103 Å². The summed E-state index contributed by atoms with van der Waals surface area (Å²) in [5, 5.41) is 23.5. The molecule has 0 aromatic heterocycles. The summed E-state index contributed by atoms with van der Waals surface area (Å²) < 4.78 is 21.5. The first-order chi connectivity index (χ1) is 46.6. The maximum atomic E-state index is 15.4. The monoisotopic (exact) mass is 1420 g/mol. The number of aliphatic hydroxyl groups excluding tert-OH is 1. The highest BCUT2D eigenvalue weighted by molar-refractivity contribution is 6.00. The lowest BCUT2D eigenvalue weighted by atomic mass is 9.90. The lowest BCUT2D eigenvalue weighted by molar-refractivity contribution is -0.157. The Balaban J connectivity index is 3.02. The van der Waals surface area contributed by atoms with E-state index in [1.807, 2.05) is 41.5 Å². The molecule has 0 aliphatic carbocycles. The number of unbranched alkanes of at least 4 members (excludes halogenated alkanes) is 2.